The SMILES string of the molecule is c1ccc(-c2ccc(N(c3ccccc3)c3ccc4c(c3)Oc3ccccc3C43c4ccccc4[Si](c4ccccc4)(c4ccccc4)c4ccccc43)cc2-c2ccccc2)cc1. The smallest absolute Gasteiger partial charge is 0.180 e. The Hall–Kier alpha value is -7.98. The molecule has 0 bridgehead atoms. The fourth-order valence-electron chi connectivity index (χ4n) is 10.9. The lowest BCUT2D eigenvalue weighted by atomic mass is 9.63. The number of fused-ring (bicyclic) bond motifs is 8. The van der Waals surface area contributed by atoms with Gasteiger partial charge in [-0.05, 0) is 90.5 Å². The number of benzene rings is 10. The van der Waals surface area contributed by atoms with Crippen molar-refractivity contribution in [2.45, 2.75) is 5.41 Å². The summed E-state index contributed by atoms with van der Waals surface area (Å²) in [6, 6.07) is 95.7. The lowest BCUT2D eigenvalue weighted by Gasteiger charge is -2.51. The summed E-state index contributed by atoms with van der Waals surface area (Å²) in [5.74, 6) is 1.72. The highest BCUT2D eigenvalue weighted by Gasteiger charge is 2.57. The van der Waals surface area contributed by atoms with Crippen LogP contribution in [0.1, 0.15) is 22.3 Å². The highest BCUT2D eigenvalue weighted by Crippen LogP contribution is 2.57. The van der Waals surface area contributed by atoms with E-state index in [1.807, 2.05) is 0 Å². The zero-order valence-corrected chi connectivity index (χ0v) is 36.2. The Bertz CT molecular complexity index is 3210. The lowest BCUT2D eigenvalue weighted by molar-refractivity contribution is 0.435. The molecule has 2 aliphatic heterocycles. The Morgan fingerprint density at radius 3 is 1.34 bits per heavy atom. The largest absolute Gasteiger partial charge is 0.457 e. The number of hydrogen-bond donors (Lipinski definition) is 0. The van der Waals surface area contributed by atoms with Gasteiger partial charge in [-0.25, -0.2) is 0 Å². The minimum atomic E-state index is -2.86. The second kappa shape index (κ2) is 15.4. The molecule has 64 heavy (non-hydrogen) atoms. The maximum Gasteiger partial charge on any atom is 0.180 e. The minimum absolute atomic E-state index is 0.661. The molecule has 10 aromatic carbocycles. The minimum Gasteiger partial charge on any atom is -0.457 e. The molecule has 0 radical (unpaired) electrons. The fourth-order valence-corrected chi connectivity index (χ4v) is 16.2. The molecule has 0 aromatic heterocycles. The zero-order chi connectivity index (χ0) is 42.5. The van der Waals surface area contributed by atoms with Gasteiger partial charge in [0, 0.05) is 34.3 Å². The molecule has 0 saturated carbocycles. The number of ether oxygens (including phenoxy) is 1. The second-order valence-corrected chi connectivity index (χ2v) is 20.5. The van der Waals surface area contributed by atoms with E-state index in [-0.39, 0.29) is 0 Å². The van der Waals surface area contributed by atoms with E-state index in [1.165, 1.54) is 54.1 Å². The van der Waals surface area contributed by atoms with Gasteiger partial charge in [-0.2, -0.15) is 0 Å². The van der Waals surface area contributed by atoms with Crippen molar-refractivity contribution < 1.29 is 4.74 Å². The molecule has 0 amide bonds. The summed E-state index contributed by atoms with van der Waals surface area (Å²) >= 11 is 0. The van der Waals surface area contributed by atoms with Crippen LogP contribution in [0.15, 0.2) is 261 Å². The first-order valence-corrected chi connectivity index (χ1v) is 24.1. The number of rotatable bonds is 7. The van der Waals surface area contributed by atoms with Crippen LogP contribution in [0.3, 0.4) is 0 Å². The van der Waals surface area contributed by atoms with Crippen LogP contribution in [0.4, 0.5) is 17.1 Å². The van der Waals surface area contributed by atoms with Gasteiger partial charge in [0.1, 0.15) is 11.5 Å². The van der Waals surface area contributed by atoms with Crippen LogP contribution < -0.4 is 30.4 Å². The summed E-state index contributed by atoms with van der Waals surface area (Å²) in [5, 5.41) is 5.54. The molecule has 0 saturated heterocycles. The van der Waals surface area contributed by atoms with Crippen molar-refractivity contribution in [3.8, 4) is 33.8 Å². The van der Waals surface area contributed by atoms with Crippen LogP contribution in [-0.4, -0.2) is 8.07 Å². The van der Waals surface area contributed by atoms with E-state index in [0.717, 1.165) is 39.7 Å². The van der Waals surface area contributed by atoms with Gasteiger partial charge in [-0.3, -0.25) is 0 Å². The number of hydrogen-bond acceptors (Lipinski definition) is 2. The molecule has 0 unspecified atom stereocenters. The average Bonchev–Trinajstić information content (AvgIpc) is 3.38. The molecule has 1 spiro atoms. The summed E-state index contributed by atoms with van der Waals surface area (Å²) in [4.78, 5) is 2.36. The quantitative estimate of drug-likeness (QED) is 0.148. The molecular formula is C61H43NOSi. The van der Waals surface area contributed by atoms with Gasteiger partial charge in [-0.1, -0.05) is 218 Å². The van der Waals surface area contributed by atoms with Crippen LogP contribution in [0.5, 0.6) is 11.5 Å². The molecule has 2 nitrogen and oxygen atoms in total. The van der Waals surface area contributed by atoms with E-state index >= 15 is 0 Å². The Labute approximate surface area is 376 Å². The van der Waals surface area contributed by atoms with Gasteiger partial charge in [0.05, 0.1) is 5.41 Å². The number of para-hydroxylation sites is 2. The van der Waals surface area contributed by atoms with Crippen LogP contribution in [0.2, 0.25) is 0 Å². The predicted octanol–water partition coefficient (Wildman–Crippen LogP) is 12.7. The van der Waals surface area contributed by atoms with Crippen molar-refractivity contribution in [2.24, 2.45) is 0 Å². The van der Waals surface area contributed by atoms with E-state index in [1.54, 1.807) is 0 Å². The van der Waals surface area contributed by atoms with Gasteiger partial charge in [0.25, 0.3) is 0 Å². The Morgan fingerprint density at radius 2 is 0.750 bits per heavy atom. The number of anilines is 3. The second-order valence-electron chi connectivity index (χ2n) is 16.7. The molecular weight excluding hydrogens is 791 g/mol. The van der Waals surface area contributed by atoms with Crippen molar-refractivity contribution in [1.82, 2.24) is 0 Å². The lowest BCUT2D eigenvalue weighted by Crippen LogP contribution is -2.79. The van der Waals surface area contributed by atoms with Crippen LogP contribution in [0.25, 0.3) is 22.3 Å². The molecule has 0 atom stereocenters. The van der Waals surface area contributed by atoms with Gasteiger partial charge < -0.3 is 9.64 Å². The molecule has 302 valence electrons. The van der Waals surface area contributed by atoms with E-state index < -0.39 is 13.5 Å². The first-order chi connectivity index (χ1) is 31.8. The molecule has 0 fully saturated rings. The zero-order valence-electron chi connectivity index (χ0n) is 35.2. The maximum atomic E-state index is 7.17. The molecule has 12 rings (SSSR count). The standard InChI is InChI=1S/C61H43NOSi/c1-6-22-44(23-7-1)51-40-38-47(42-52(51)45-24-8-2-9-25-45)62(46-26-10-3-11-27-46)48-39-41-54-58(43-48)63-57-35-19-16-32-53(57)61(54)55-33-17-20-36-59(55)64(49-28-12-4-13-29-49,50-30-14-5-15-31-50)60-37-21-18-34-56(60)61/h1-43H. The Kier molecular flexibility index (Phi) is 9.10. The summed E-state index contributed by atoms with van der Waals surface area (Å²) in [6.07, 6.45) is 0. The van der Waals surface area contributed by atoms with Crippen molar-refractivity contribution >= 4 is 45.9 Å². The van der Waals surface area contributed by atoms with Gasteiger partial charge in [0.15, 0.2) is 8.07 Å². The summed E-state index contributed by atoms with van der Waals surface area (Å²) in [6.45, 7) is 0. The maximum absolute atomic E-state index is 7.17. The highest BCUT2D eigenvalue weighted by molar-refractivity contribution is 7.20. The normalized spacial score (nSPS) is 13.7. The first-order valence-electron chi connectivity index (χ1n) is 22.1. The Morgan fingerprint density at radius 1 is 0.312 bits per heavy atom. The van der Waals surface area contributed by atoms with Gasteiger partial charge in [-0.15, -0.1) is 0 Å². The Balaban J connectivity index is 1.12. The molecule has 0 N–H and O–H groups in total. The third-order valence-corrected chi connectivity index (χ3v) is 18.4. The third kappa shape index (κ3) is 5.71. The van der Waals surface area contributed by atoms with Crippen molar-refractivity contribution in [3.05, 3.63) is 283 Å². The highest BCUT2D eigenvalue weighted by atomic mass is 28.3. The molecule has 10 aromatic rings. The van der Waals surface area contributed by atoms with E-state index in [4.69, 9.17) is 4.74 Å². The van der Waals surface area contributed by atoms with E-state index in [2.05, 4.69) is 266 Å². The molecule has 2 aliphatic rings. The van der Waals surface area contributed by atoms with E-state index in [9.17, 15) is 0 Å². The fraction of sp³-hybridized carbons (Fsp3) is 0.0164. The van der Waals surface area contributed by atoms with Crippen molar-refractivity contribution in [2.75, 3.05) is 4.90 Å². The molecule has 2 heterocycles. The summed E-state index contributed by atoms with van der Waals surface area (Å²) in [7, 11) is -2.86. The first kappa shape index (κ1) is 37.8. The summed E-state index contributed by atoms with van der Waals surface area (Å²) < 4.78 is 7.17. The van der Waals surface area contributed by atoms with Crippen LogP contribution in [-0.2, 0) is 5.41 Å². The van der Waals surface area contributed by atoms with Gasteiger partial charge >= 0.3 is 0 Å². The molecule has 0 aliphatic carbocycles. The third-order valence-electron chi connectivity index (χ3n) is 13.5. The predicted molar refractivity (Wildman–Crippen MR) is 268 cm³/mol. The van der Waals surface area contributed by atoms with Crippen LogP contribution in [0, 0.1) is 0 Å². The van der Waals surface area contributed by atoms with Crippen molar-refractivity contribution in [1.29, 1.82) is 0 Å². The average molecular weight is 834 g/mol. The van der Waals surface area contributed by atoms with Crippen LogP contribution >= 0.6 is 0 Å². The topological polar surface area (TPSA) is 12.5 Å². The van der Waals surface area contributed by atoms with Gasteiger partial charge in [0.2, 0.25) is 0 Å². The monoisotopic (exact) mass is 833 g/mol. The molecule has 3 heteroatoms. The van der Waals surface area contributed by atoms with Crippen molar-refractivity contribution in [3.63, 3.8) is 0 Å². The number of nitrogens with zero attached hydrogens (tertiary/aromatic N) is 1. The van der Waals surface area contributed by atoms with E-state index in [0.29, 0.717) is 0 Å². The summed E-state index contributed by atoms with van der Waals surface area (Å²) in [5.41, 5.74) is 12.1.